The zero-order valence-electron chi connectivity index (χ0n) is 13.7. The van der Waals surface area contributed by atoms with Crippen LogP contribution in [0.2, 0.25) is 0 Å². The SMILES string of the molecule is CC(CC(C)(CO)NC1CC1)N1CCC(N(C)C)CC1. The number of nitrogens with zero attached hydrogens (tertiary/aromatic N) is 2. The molecule has 0 spiro atoms. The van der Waals surface area contributed by atoms with E-state index in [1.54, 1.807) is 0 Å². The summed E-state index contributed by atoms with van der Waals surface area (Å²) in [6.45, 7) is 7.11. The maximum absolute atomic E-state index is 9.74. The lowest BCUT2D eigenvalue weighted by molar-refractivity contribution is 0.0789. The van der Waals surface area contributed by atoms with E-state index in [1.807, 2.05) is 0 Å². The summed E-state index contributed by atoms with van der Waals surface area (Å²) in [4.78, 5) is 4.96. The molecule has 118 valence electrons. The van der Waals surface area contributed by atoms with Gasteiger partial charge in [-0.15, -0.1) is 0 Å². The predicted octanol–water partition coefficient (Wildman–Crippen LogP) is 1.29. The van der Waals surface area contributed by atoms with Gasteiger partial charge in [-0.3, -0.25) is 0 Å². The van der Waals surface area contributed by atoms with Crippen LogP contribution in [0.25, 0.3) is 0 Å². The Morgan fingerprint density at radius 2 is 1.85 bits per heavy atom. The number of hydrogen-bond acceptors (Lipinski definition) is 4. The molecule has 4 nitrogen and oxygen atoms in total. The van der Waals surface area contributed by atoms with Crippen LogP contribution < -0.4 is 5.32 Å². The first kappa shape index (κ1) is 16.2. The second-order valence-electron chi connectivity index (χ2n) is 7.42. The number of hydrogen-bond donors (Lipinski definition) is 2. The second-order valence-corrected chi connectivity index (χ2v) is 7.42. The number of likely N-dealkylation sites (tertiary alicyclic amines) is 1. The lowest BCUT2D eigenvalue weighted by Crippen LogP contribution is -2.53. The summed E-state index contributed by atoms with van der Waals surface area (Å²) < 4.78 is 0. The Morgan fingerprint density at radius 3 is 2.30 bits per heavy atom. The van der Waals surface area contributed by atoms with E-state index in [1.165, 1.54) is 38.8 Å². The summed E-state index contributed by atoms with van der Waals surface area (Å²) in [6, 6.07) is 1.94. The molecular weight excluding hydrogens is 250 g/mol. The van der Waals surface area contributed by atoms with Gasteiger partial charge >= 0.3 is 0 Å². The standard InChI is InChI=1S/C16H33N3O/c1-13(11-16(2,12-20)17-14-5-6-14)19-9-7-15(8-10-19)18(3)4/h13-15,17,20H,5-12H2,1-4H3. The Labute approximate surface area is 124 Å². The second kappa shape index (κ2) is 6.73. The maximum Gasteiger partial charge on any atom is 0.0611 e. The Balaban J connectivity index is 1.80. The van der Waals surface area contributed by atoms with Gasteiger partial charge in [0.2, 0.25) is 0 Å². The van der Waals surface area contributed by atoms with Crippen LogP contribution in [0.5, 0.6) is 0 Å². The molecule has 0 amide bonds. The van der Waals surface area contributed by atoms with E-state index in [4.69, 9.17) is 0 Å². The number of piperidine rings is 1. The van der Waals surface area contributed by atoms with Crippen molar-refractivity contribution in [1.82, 2.24) is 15.1 Å². The third kappa shape index (κ3) is 4.42. The number of rotatable bonds is 7. The van der Waals surface area contributed by atoms with Gasteiger partial charge in [-0.25, -0.2) is 0 Å². The number of aliphatic hydroxyl groups excluding tert-OH is 1. The lowest BCUT2D eigenvalue weighted by Gasteiger charge is -2.41. The largest absolute Gasteiger partial charge is 0.394 e. The molecule has 0 radical (unpaired) electrons. The molecule has 0 bridgehead atoms. The van der Waals surface area contributed by atoms with Gasteiger partial charge in [0, 0.05) is 23.7 Å². The summed E-state index contributed by atoms with van der Waals surface area (Å²) in [7, 11) is 4.37. The van der Waals surface area contributed by atoms with Crippen molar-refractivity contribution in [3.05, 3.63) is 0 Å². The quantitative estimate of drug-likeness (QED) is 0.738. The number of aliphatic hydroxyl groups is 1. The van der Waals surface area contributed by atoms with Crippen molar-refractivity contribution < 1.29 is 5.11 Å². The molecule has 0 aromatic rings. The van der Waals surface area contributed by atoms with Gasteiger partial charge in [-0.1, -0.05) is 0 Å². The van der Waals surface area contributed by atoms with Gasteiger partial charge in [0.15, 0.2) is 0 Å². The highest BCUT2D eigenvalue weighted by Gasteiger charge is 2.35. The summed E-state index contributed by atoms with van der Waals surface area (Å²) in [5.41, 5.74) is -0.112. The van der Waals surface area contributed by atoms with Crippen LogP contribution in [0.1, 0.15) is 46.0 Å². The van der Waals surface area contributed by atoms with Gasteiger partial charge in [0.05, 0.1) is 6.61 Å². The molecule has 0 aromatic heterocycles. The highest BCUT2D eigenvalue weighted by Crippen LogP contribution is 2.26. The van der Waals surface area contributed by atoms with Crippen molar-refractivity contribution in [2.24, 2.45) is 0 Å². The van der Waals surface area contributed by atoms with Crippen LogP contribution in [0.15, 0.2) is 0 Å². The molecule has 1 heterocycles. The van der Waals surface area contributed by atoms with Crippen molar-refractivity contribution >= 4 is 0 Å². The van der Waals surface area contributed by atoms with Crippen molar-refractivity contribution in [3.8, 4) is 0 Å². The first-order chi connectivity index (χ1) is 9.43. The average molecular weight is 283 g/mol. The summed E-state index contributed by atoms with van der Waals surface area (Å²) in [6.07, 6.45) is 6.12. The summed E-state index contributed by atoms with van der Waals surface area (Å²) in [5.74, 6) is 0. The topological polar surface area (TPSA) is 38.7 Å². The molecule has 4 heteroatoms. The fraction of sp³-hybridized carbons (Fsp3) is 1.00. The van der Waals surface area contributed by atoms with E-state index >= 15 is 0 Å². The van der Waals surface area contributed by atoms with E-state index in [-0.39, 0.29) is 12.1 Å². The van der Waals surface area contributed by atoms with Crippen LogP contribution in [0.3, 0.4) is 0 Å². The molecule has 1 aliphatic heterocycles. The molecule has 1 saturated heterocycles. The molecule has 1 aliphatic carbocycles. The Kier molecular flexibility index (Phi) is 5.46. The minimum Gasteiger partial charge on any atom is -0.394 e. The minimum atomic E-state index is -0.112. The van der Waals surface area contributed by atoms with Crippen molar-refractivity contribution in [2.75, 3.05) is 33.8 Å². The molecular formula is C16H33N3O. The van der Waals surface area contributed by atoms with E-state index < -0.39 is 0 Å². The van der Waals surface area contributed by atoms with E-state index in [2.05, 4.69) is 43.1 Å². The molecule has 1 saturated carbocycles. The maximum atomic E-state index is 9.74. The molecule has 2 unspecified atom stereocenters. The molecule has 2 N–H and O–H groups in total. The van der Waals surface area contributed by atoms with Gasteiger partial charge in [0.1, 0.15) is 0 Å². The fourth-order valence-electron chi connectivity index (χ4n) is 3.51. The molecule has 2 rings (SSSR count). The molecule has 2 aliphatic rings. The summed E-state index contributed by atoms with van der Waals surface area (Å²) in [5, 5.41) is 13.4. The Morgan fingerprint density at radius 1 is 1.25 bits per heavy atom. The van der Waals surface area contributed by atoms with Crippen LogP contribution in [0.4, 0.5) is 0 Å². The van der Waals surface area contributed by atoms with E-state index in [9.17, 15) is 5.11 Å². The molecule has 0 aromatic carbocycles. The summed E-state index contributed by atoms with van der Waals surface area (Å²) >= 11 is 0. The van der Waals surface area contributed by atoms with Crippen LogP contribution in [-0.4, -0.2) is 72.4 Å². The molecule has 2 atom stereocenters. The van der Waals surface area contributed by atoms with Gasteiger partial charge < -0.3 is 20.2 Å². The first-order valence-electron chi connectivity index (χ1n) is 8.22. The van der Waals surface area contributed by atoms with Gasteiger partial charge in [0.25, 0.3) is 0 Å². The third-order valence-electron chi connectivity index (χ3n) is 5.08. The fourth-order valence-corrected chi connectivity index (χ4v) is 3.51. The average Bonchev–Trinajstić information content (AvgIpc) is 3.22. The Bertz CT molecular complexity index is 298. The van der Waals surface area contributed by atoms with Gasteiger partial charge in [-0.05, 0) is 73.1 Å². The normalized spacial score (nSPS) is 26.7. The zero-order chi connectivity index (χ0) is 14.8. The van der Waals surface area contributed by atoms with Crippen LogP contribution in [-0.2, 0) is 0 Å². The monoisotopic (exact) mass is 283 g/mol. The van der Waals surface area contributed by atoms with Gasteiger partial charge in [-0.2, -0.15) is 0 Å². The molecule has 2 fully saturated rings. The van der Waals surface area contributed by atoms with Crippen LogP contribution >= 0.6 is 0 Å². The highest BCUT2D eigenvalue weighted by molar-refractivity contribution is 4.95. The highest BCUT2D eigenvalue weighted by atomic mass is 16.3. The van der Waals surface area contributed by atoms with Crippen molar-refractivity contribution in [3.63, 3.8) is 0 Å². The zero-order valence-corrected chi connectivity index (χ0v) is 13.7. The van der Waals surface area contributed by atoms with E-state index in [0.717, 1.165) is 12.5 Å². The smallest absolute Gasteiger partial charge is 0.0611 e. The minimum absolute atomic E-state index is 0.112. The Hall–Kier alpha value is -0.160. The van der Waals surface area contributed by atoms with Crippen molar-refractivity contribution in [2.45, 2.75) is 69.6 Å². The van der Waals surface area contributed by atoms with E-state index in [0.29, 0.717) is 12.1 Å². The first-order valence-corrected chi connectivity index (χ1v) is 8.22. The number of nitrogens with one attached hydrogen (secondary N) is 1. The third-order valence-corrected chi connectivity index (χ3v) is 5.08. The molecule has 20 heavy (non-hydrogen) atoms. The van der Waals surface area contributed by atoms with Crippen molar-refractivity contribution in [1.29, 1.82) is 0 Å². The predicted molar refractivity (Wildman–Crippen MR) is 84.0 cm³/mol. The van der Waals surface area contributed by atoms with Crippen LogP contribution in [0, 0.1) is 0 Å². The lowest BCUT2D eigenvalue weighted by atomic mass is 9.92.